The standard InChI is InChI=1S/C12H12O3/c1-2-3-9-15-12(14)11(13)10-7-5-4-6-8-10/h2-8H,9H2,1H3/b3-2+. The molecule has 78 valence electrons. The summed E-state index contributed by atoms with van der Waals surface area (Å²) in [5.41, 5.74) is 0.350. The average Bonchev–Trinajstić information content (AvgIpc) is 2.29. The van der Waals surface area contributed by atoms with Crippen molar-refractivity contribution in [3.05, 3.63) is 48.0 Å². The summed E-state index contributed by atoms with van der Waals surface area (Å²) in [6.45, 7) is 1.95. The van der Waals surface area contributed by atoms with E-state index in [9.17, 15) is 9.59 Å². The number of Topliss-reactive ketones (excluding diaryl/α,β-unsaturated/α-hetero) is 1. The second kappa shape index (κ2) is 5.75. The maximum absolute atomic E-state index is 11.4. The van der Waals surface area contributed by atoms with Crippen molar-refractivity contribution in [3.8, 4) is 0 Å². The molecule has 0 amide bonds. The quantitative estimate of drug-likeness (QED) is 0.326. The zero-order valence-electron chi connectivity index (χ0n) is 8.47. The fourth-order valence-electron chi connectivity index (χ4n) is 0.993. The van der Waals surface area contributed by atoms with Gasteiger partial charge in [0.15, 0.2) is 0 Å². The highest BCUT2D eigenvalue weighted by molar-refractivity contribution is 6.40. The third-order valence-corrected chi connectivity index (χ3v) is 1.77. The van der Waals surface area contributed by atoms with Crippen molar-refractivity contribution in [1.82, 2.24) is 0 Å². The molecule has 0 aliphatic carbocycles. The molecule has 0 aliphatic heterocycles. The predicted octanol–water partition coefficient (Wildman–Crippen LogP) is 1.99. The molecule has 0 heterocycles. The van der Waals surface area contributed by atoms with E-state index in [4.69, 9.17) is 4.74 Å². The van der Waals surface area contributed by atoms with Gasteiger partial charge in [0.2, 0.25) is 0 Å². The minimum Gasteiger partial charge on any atom is -0.455 e. The van der Waals surface area contributed by atoms with E-state index < -0.39 is 11.8 Å². The minimum atomic E-state index is -0.820. The number of rotatable bonds is 4. The zero-order chi connectivity index (χ0) is 11.1. The first-order valence-corrected chi connectivity index (χ1v) is 4.63. The molecule has 1 aromatic carbocycles. The molecular formula is C12H12O3. The van der Waals surface area contributed by atoms with Gasteiger partial charge in [0.1, 0.15) is 6.61 Å². The number of carbonyl (C=O) groups is 2. The number of allylic oxidation sites excluding steroid dienone is 1. The van der Waals surface area contributed by atoms with Crippen LogP contribution in [0.25, 0.3) is 0 Å². The number of ketones is 1. The van der Waals surface area contributed by atoms with Crippen LogP contribution in [-0.4, -0.2) is 18.4 Å². The van der Waals surface area contributed by atoms with Gasteiger partial charge < -0.3 is 4.74 Å². The van der Waals surface area contributed by atoms with Crippen molar-refractivity contribution >= 4 is 11.8 Å². The van der Waals surface area contributed by atoms with Crippen molar-refractivity contribution in [1.29, 1.82) is 0 Å². The van der Waals surface area contributed by atoms with Crippen molar-refractivity contribution in [2.75, 3.05) is 6.61 Å². The van der Waals surface area contributed by atoms with Crippen LogP contribution in [0, 0.1) is 0 Å². The third-order valence-electron chi connectivity index (χ3n) is 1.77. The van der Waals surface area contributed by atoms with Gasteiger partial charge in [-0.15, -0.1) is 0 Å². The van der Waals surface area contributed by atoms with Gasteiger partial charge in [-0.1, -0.05) is 42.5 Å². The van der Waals surface area contributed by atoms with Crippen LogP contribution in [0.2, 0.25) is 0 Å². The van der Waals surface area contributed by atoms with Gasteiger partial charge in [-0.3, -0.25) is 4.79 Å². The lowest BCUT2D eigenvalue weighted by molar-refractivity contribution is -0.136. The van der Waals surface area contributed by atoms with Crippen LogP contribution >= 0.6 is 0 Å². The highest BCUT2D eigenvalue weighted by atomic mass is 16.5. The van der Waals surface area contributed by atoms with Crippen LogP contribution in [0.3, 0.4) is 0 Å². The summed E-state index contributed by atoms with van der Waals surface area (Å²) in [5.74, 6) is -1.43. The third kappa shape index (κ3) is 3.38. The number of hydrogen-bond donors (Lipinski definition) is 0. The summed E-state index contributed by atoms with van der Waals surface area (Å²) in [5, 5.41) is 0. The molecule has 0 aliphatic rings. The summed E-state index contributed by atoms with van der Waals surface area (Å²) in [6, 6.07) is 8.35. The van der Waals surface area contributed by atoms with Crippen molar-refractivity contribution in [2.24, 2.45) is 0 Å². The lowest BCUT2D eigenvalue weighted by Crippen LogP contribution is -2.17. The van der Waals surface area contributed by atoms with E-state index >= 15 is 0 Å². The van der Waals surface area contributed by atoms with Crippen LogP contribution in [0.15, 0.2) is 42.5 Å². The molecule has 1 aromatic rings. The molecule has 0 fully saturated rings. The number of ether oxygens (including phenoxy) is 1. The predicted molar refractivity (Wildman–Crippen MR) is 56.5 cm³/mol. The smallest absolute Gasteiger partial charge is 0.379 e. The molecule has 0 N–H and O–H groups in total. The van der Waals surface area contributed by atoms with E-state index in [1.165, 1.54) is 0 Å². The van der Waals surface area contributed by atoms with Gasteiger partial charge >= 0.3 is 5.97 Å². The van der Waals surface area contributed by atoms with Gasteiger partial charge in [-0.05, 0) is 6.92 Å². The summed E-state index contributed by atoms with van der Waals surface area (Å²) in [4.78, 5) is 22.7. The lowest BCUT2D eigenvalue weighted by Gasteiger charge is -2.00. The van der Waals surface area contributed by atoms with Crippen molar-refractivity contribution in [2.45, 2.75) is 6.92 Å². The highest BCUT2D eigenvalue weighted by Crippen LogP contribution is 2.01. The Morgan fingerprint density at radius 3 is 2.53 bits per heavy atom. The molecule has 0 bridgehead atoms. The van der Waals surface area contributed by atoms with Gasteiger partial charge in [0.25, 0.3) is 5.78 Å². The molecule has 0 atom stereocenters. The molecule has 0 radical (unpaired) electrons. The normalized spacial score (nSPS) is 10.2. The Kier molecular flexibility index (Phi) is 4.29. The molecule has 0 unspecified atom stereocenters. The maximum atomic E-state index is 11.4. The molecule has 15 heavy (non-hydrogen) atoms. The summed E-state index contributed by atoms with van der Waals surface area (Å²) < 4.78 is 4.72. The fraction of sp³-hybridized carbons (Fsp3) is 0.167. The van der Waals surface area contributed by atoms with Gasteiger partial charge in [-0.2, -0.15) is 0 Å². The molecule has 1 rings (SSSR count). The van der Waals surface area contributed by atoms with Crippen molar-refractivity contribution < 1.29 is 14.3 Å². The van der Waals surface area contributed by atoms with Crippen LogP contribution < -0.4 is 0 Å². The Morgan fingerprint density at radius 1 is 1.27 bits per heavy atom. The van der Waals surface area contributed by atoms with Crippen LogP contribution in [0.4, 0.5) is 0 Å². The zero-order valence-corrected chi connectivity index (χ0v) is 8.47. The Bertz CT molecular complexity index is 366. The van der Waals surface area contributed by atoms with Crippen LogP contribution in [-0.2, 0) is 9.53 Å². The molecule has 0 aromatic heterocycles. The van der Waals surface area contributed by atoms with Crippen LogP contribution in [0.1, 0.15) is 17.3 Å². The van der Waals surface area contributed by atoms with E-state index in [0.717, 1.165) is 0 Å². The number of hydrogen-bond acceptors (Lipinski definition) is 3. The van der Waals surface area contributed by atoms with E-state index in [1.807, 2.05) is 6.92 Å². The second-order valence-corrected chi connectivity index (χ2v) is 2.86. The number of benzene rings is 1. The summed E-state index contributed by atoms with van der Waals surface area (Å²) in [7, 11) is 0. The lowest BCUT2D eigenvalue weighted by atomic mass is 10.1. The van der Waals surface area contributed by atoms with E-state index in [-0.39, 0.29) is 6.61 Å². The first kappa shape index (κ1) is 11.2. The van der Waals surface area contributed by atoms with E-state index in [1.54, 1.807) is 42.5 Å². The van der Waals surface area contributed by atoms with Gasteiger partial charge in [0, 0.05) is 5.56 Å². The molecule has 0 saturated heterocycles. The SMILES string of the molecule is C/C=C/COC(=O)C(=O)c1ccccc1. The first-order valence-electron chi connectivity index (χ1n) is 4.63. The topological polar surface area (TPSA) is 43.4 Å². The Morgan fingerprint density at radius 2 is 1.93 bits per heavy atom. The first-order chi connectivity index (χ1) is 7.25. The summed E-state index contributed by atoms with van der Waals surface area (Å²) in [6.07, 6.45) is 3.41. The number of carbonyl (C=O) groups excluding carboxylic acids is 2. The molecule has 0 spiro atoms. The van der Waals surface area contributed by atoms with Gasteiger partial charge in [-0.25, -0.2) is 4.79 Å². The minimum absolute atomic E-state index is 0.133. The Hall–Kier alpha value is -1.90. The summed E-state index contributed by atoms with van der Waals surface area (Å²) >= 11 is 0. The highest BCUT2D eigenvalue weighted by Gasteiger charge is 2.16. The fourth-order valence-corrected chi connectivity index (χ4v) is 0.993. The second-order valence-electron chi connectivity index (χ2n) is 2.86. The molecular weight excluding hydrogens is 192 g/mol. The Labute approximate surface area is 88.4 Å². The monoisotopic (exact) mass is 204 g/mol. The van der Waals surface area contributed by atoms with Crippen molar-refractivity contribution in [3.63, 3.8) is 0 Å². The van der Waals surface area contributed by atoms with E-state index in [2.05, 4.69) is 0 Å². The Balaban J connectivity index is 2.58. The molecule has 3 nitrogen and oxygen atoms in total. The van der Waals surface area contributed by atoms with Crippen LogP contribution in [0.5, 0.6) is 0 Å². The average molecular weight is 204 g/mol. The molecule has 3 heteroatoms. The maximum Gasteiger partial charge on any atom is 0.379 e. The largest absolute Gasteiger partial charge is 0.455 e. The number of esters is 1. The molecule has 0 saturated carbocycles. The van der Waals surface area contributed by atoms with E-state index in [0.29, 0.717) is 5.56 Å². The van der Waals surface area contributed by atoms with Gasteiger partial charge in [0.05, 0.1) is 0 Å².